The predicted molar refractivity (Wildman–Crippen MR) is 82.9 cm³/mol. The lowest BCUT2D eigenvalue weighted by Crippen LogP contribution is -2.39. The fraction of sp³-hybridized carbons (Fsp3) is 0.750. The van der Waals surface area contributed by atoms with Gasteiger partial charge in [-0.2, -0.15) is 11.3 Å². The van der Waals surface area contributed by atoms with Crippen molar-refractivity contribution >= 4 is 11.3 Å². The molecular weight excluding hydrogens is 254 g/mol. The van der Waals surface area contributed by atoms with Gasteiger partial charge < -0.3 is 10.1 Å². The minimum atomic E-state index is 0.544. The van der Waals surface area contributed by atoms with E-state index in [1.807, 2.05) is 0 Å². The number of nitrogens with one attached hydrogen (secondary N) is 1. The quantitative estimate of drug-likeness (QED) is 0.742. The molecule has 3 heteroatoms. The van der Waals surface area contributed by atoms with Gasteiger partial charge in [0.15, 0.2) is 0 Å². The van der Waals surface area contributed by atoms with Crippen LogP contribution in [0.15, 0.2) is 16.8 Å². The van der Waals surface area contributed by atoms with Gasteiger partial charge in [-0.1, -0.05) is 6.92 Å². The largest absolute Gasteiger partial charge is 0.378 e. The fourth-order valence-electron chi connectivity index (χ4n) is 2.92. The summed E-state index contributed by atoms with van der Waals surface area (Å²) in [6.45, 7) is 6.33. The van der Waals surface area contributed by atoms with E-state index in [9.17, 15) is 0 Å². The van der Waals surface area contributed by atoms with Crippen LogP contribution < -0.4 is 5.32 Å². The van der Waals surface area contributed by atoms with Crippen molar-refractivity contribution < 1.29 is 4.74 Å². The van der Waals surface area contributed by atoms with E-state index in [0.29, 0.717) is 12.1 Å². The molecule has 0 radical (unpaired) electrons. The van der Waals surface area contributed by atoms with Gasteiger partial charge in [0.25, 0.3) is 0 Å². The van der Waals surface area contributed by atoms with Crippen LogP contribution in [-0.2, 0) is 11.2 Å². The standard InChI is InChI=1S/C16H27NOS/c1-3-6-17-15(8-13-5-7-19-12-13)9-14-10-16(11-14)18-4-2/h5,7,12,14-17H,3-4,6,8-11H2,1-2H3. The first-order valence-electron chi connectivity index (χ1n) is 7.67. The maximum Gasteiger partial charge on any atom is 0.0580 e. The molecule has 0 bridgehead atoms. The first-order valence-corrected chi connectivity index (χ1v) is 8.62. The van der Waals surface area contributed by atoms with Crippen molar-refractivity contribution in [1.82, 2.24) is 5.32 Å². The molecule has 2 nitrogen and oxygen atoms in total. The van der Waals surface area contributed by atoms with Crippen LogP contribution >= 0.6 is 11.3 Å². The maximum atomic E-state index is 5.66. The number of hydrogen-bond donors (Lipinski definition) is 1. The Morgan fingerprint density at radius 1 is 1.42 bits per heavy atom. The van der Waals surface area contributed by atoms with E-state index in [-0.39, 0.29) is 0 Å². The fourth-order valence-corrected chi connectivity index (χ4v) is 3.60. The van der Waals surface area contributed by atoms with Gasteiger partial charge in [0.2, 0.25) is 0 Å². The van der Waals surface area contributed by atoms with E-state index in [1.165, 1.54) is 37.7 Å². The van der Waals surface area contributed by atoms with Crippen LogP contribution in [0.1, 0.15) is 45.1 Å². The second-order valence-electron chi connectivity index (χ2n) is 5.64. The van der Waals surface area contributed by atoms with Crippen molar-refractivity contribution in [2.24, 2.45) is 5.92 Å². The van der Waals surface area contributed by atoms with Gasteiger partial charge in [-0.05, 0) is 73.9 Å². The van der Waals surface area contributed by atoms with E-state index < -0.39 is 0 Å². The molecule has 1 fully saturated rings. The van der Waals surface area contributed by atoms with E-state index in [4.69, 9.17) is 4.74 Å². The van der Waals surface area contributed by atoms with Crippen LogP contribution in [0.5, 0.6) is 0 Å². The minimum absolute atomic E-state index is 0.544. The first-order chi connectivity index (χ1) is 9.31. The summed E-state index contributed by atoms with van der Waals surface area (Å²) in [5.74, 6) is 0.865. The zero-order chi connectivity index (χ0) is 13.5. The van der Waals surface area contributed by atoms with Crippen LogP contribution in [0.25, 0.3) is 0 Å². The molecule has 1 heterocycles. The molecule has 108 valence electrons. The molecule has 0 amide bonds. The number of thiophene rings is 1. The Morgan fingerprint density at radius 2 is 2.26 bits per heavy atom. The minimum Gasteiger partial charge on any atom is -0.378 e. The Morgan fingerprint density at radius 3 is 2.89 bits per heavy atom. The van der Waals surface area contributed by atoms with E-state index in [0.717, 1.165) is 19.1 Å². The molecule has 1 atom stereocenters. The predicted octanol–water partition coefficient (Wildman–Crippen LogP) is 3.86. The monoisotopic (exact) mass is 281 g/mol. The van der Waals surface area contributed by atoms with Gasteiger partial charge in [0, 0.05) is 12.6 Å². The molecule has 1 aliphatic rings. The normalized spacial score (nSPS) is 24.1. The topological polar surface area (TPSA) is 21.3 Å². The lowest BCUT2D eigenvalue weighted by Gasteiger charge is -2.37. The summed E-state index contributed by atoms with van der Waals surface area (Å²) in [7, 11) is 0. The Bertz CT molecular complexity index is 333. The van der Waals surface area contributed by atoms with Crippen LogP contribution in [0.4, 0.5) is 0 Å². The summed E-state index contributed by atoms with van der Waals surface area (Å²) >= 11 is 1.80. The van der Waals surface area contributed by atoms with Gasteiger partial charge in [-0.25, -0.2) is 0 Å². The number of hydrogen-bond acceptors (Lipinski definition) is 3. The summed E-state index contributed by atoms with van der Waals surface area (Å²) in [6.07, 6.45) is 6.78. The van der Waals surface area contributed by atoms with Gasteiger partial charge in [0.1, 0.15) is 0 Å². The molecule has 1 aromatic rings. The molecule has 0 saturated heterocycles. The van der Waals surface area contributed by atoms with Crippen molar-refractivity contribution in [2.75, 3.05) is 13.2 Å². The maximum absolute atomic E-state index is 5.66. The number of ether oxygens (including phenoxy) is 1. The van der Waals surface area contributed by atoms with Crippen molar-refractivity contribution in [3.05, 3.63) is 22.4 Å². The Hall–Kier alpha value is -0.380. The number of rotatable bonds is 9. The summed E-state index contributed by atoms with van der Waals surface area (Å²) in [6, 6.07) is 2.90. The molecule has 1 N–H and O–H groups in total. The van der Waals surface area contributed by atoms with Gasteiger partial charge in [-0.15, -0.1) is 0 Å². The molecule has 1 unspecified atom stereocenters. The zero-order valence-corrected chi connectivity index (χ0v) is 13.0. The molecule has 0 aromatic carbocycles. The highest BCUT2D eigenvalue weighted by Crippen LogP contribution is 2.34. The molecular formula is C16H27NOS. The van der Waals surface area contributed by atoms with Crippen LogP contribution in [0.3, 0.4) is 0 Å². The van der Waals surface area contributed by atoms with Crippen molar-refractivity contribution in [2.45, 2.75) is 58.1 Å². The smallest absolute Gasteiger partial charge is 0.0580 e. The molecule has 2 rings (SSSR count). The van der Waals surface area contributed by atoms with Gasteiger partial charge in [0.05, 0.1) is 6.10 Å². The summed E-state index contributed by atoms with van der Waals surface area (Å²) in [5.41, 5.74) is 1.49. The SMILES string of the molecule is CCCNC(Cc1ccsc1)CC1CC(OCC)C1. The van der Waals surface area contributed by atoms with Crippen LogP contribution in [-0.4, -0.2) is 25.3 Å². The molecule has 19 heavy (non-hydrogen) atoms. The lowest BCUT2D eigenvalue weighted by atomic mass is 9.77. The Labute approximate surface area is 121 Å². The third kappa shape index (κ3) is 4.90. The highest BCUT2D eigenvalue weighted by Gasteiger charge is 2.31. The van der Waals surface area contributed by atoms with Crippen LogP contribution in [0, 0.1) is 5.92 Å². The van der Waals surface area contributed by atoms with Crippen LogP contribution in [0.2, 0.25) is 0 Å². The van der Waals surface area contributed by atoms with E-state index in [1.54, 1.807) is 11.3 Å². The first kappa shape index (κ1) is 15.0. The zero-order valence-electron chi connectivity index (χ0n) is 12.2. The summed E-state index contributed by atoms with van der Waals surface area (Å²) in [4.78, 5) is 0. The summed E-state index contributed by atoms with van der Waals surface area (Å²) < 4.78 is 5.66. The van der Waals surface area contributed by atoms with Crippen molar-refractivity contribution in [3.8, 4) is 0 Å². The highest BCUT2D eigenvalue weighted by atomic mass is 32.1. The molecule has 1 aromatic heterocycles. The molecule has 0 spiro atoms. The molecule has 0 aliphatic heterocycles. The highest BCUT2D eigenvalue weighted by molar-refractivity contribution is 7.07. The van der Waals surface area contributed by atoms with Crippen molar-refractivity contribution in [1.29, 1.82) is 0 Å². The van der Waals surface area contributed by atoms with Crippen molar-refractivity contribution in [3.63, 3.8) is 0 Å². The average Bonchev–Trinajstić information content (AvgIpc) is 2.86. The summed E-state index contributed by atoms with van der Waals surface area (Å²) in [5, 5.41) is 8.18. The second-order valence-corrected chi connectivity index (χ2v) is 6.42. The van der Waals surface area contributed by atoms with E-state index >= 15 is 0 Å². The third-order valence-electron chi connectivity index (χ3n) is 3.96. The lowest BCUT2D eigenvalue weighted by molar-refractivity contribution is -0.0290. The molecule has 1 saturated carbocycles. The third-order valence-corrected chi connectivity index (χ3v) is 4.69. The van der Waals surface area contributed by atoms with E-state index in [2.05, 4.69) is 36.0 Å². The average molecular weight is 281 g/mol. The van der Waals surface area contributed by atoms with Gasteiger partial charge >= 0.3 is 0 Å². The second kappa shape index (κ2) is 8.03. The Kier molecular flexibility index (Phi) is 6.35. The van der Waals surface area contributed by atoms with Gasteiger partial charge in [-0.3, -0.25) is 0 Å². The Balaban J connectivity index is 1.74. The molecule has 1 aliphatic carbocycles.